The topological polar surface area (TPSA) is 41.8 Å². The average molecular weight is 343 g/mol. The summed E-state index contributed by atoms with van der Waals surface area (Å²) in [4.78, 5) is 6.95. The van der Waals surface area contributed by atoms with Gasteiger partial charge in [0, 0.05) is 30.5 Å². The number of aromatic nitrogens is 2. The van der Waals surface area contributed by atoms with E-state index in [9.17, 15) is 0 Å². The van der Waals surface area contributed by atoms with Crippen molar-refractivity contribution in [3.8, 4) is 0 Å². The largest absolute Gasteiger partial charge is 0.378 e. The molecule has 24 heavy (non-hydrogen) atoms. The molecular weight excluding hydrogens is 324 g/mol. The van der Waals surface area contributed by atoms with Crippen molar-refractivity contribution in [2.45, 2.75) is 6.54 Å². The van der Waals surface area contributed by atoms with Gasteiger partial charge in [0.1, 0.15) is 5.65 Å². The normalized spacial score (nSPS) is 15.0. The van der Waals surface area contributed by atoms with Crippen LogP contribution in [0.5, 0.6) is 0 Å². The number of imidazole rings is 1. The van der Waals surface area contributed by atoms with Gasteiger partial charge >= 0.3 is 0 Å². The third-order valence-corrected chi connectivity index (χ3v) is 4.42. The molecule has 0 radical (unpaired) electrons. The third-order valence-electron chi connectivity index (χ3n) is 4.18. The maximum absolute atomic E-state index is 6.20. The zero-order valence-electron chi connectivity index (χ0n) is 13.3. The van der Waals surface area contributed by atoms with Crippen molar-refractivity contribution < 1.29 is 4.74 Å². The van der Waals surface area contributed by atoms with Gasteiger partial charge in [0.2, 0.25) is 0 Å². The van der Waals surface area contributed by atoms with Crippen LogP contribution in [0.1, 0.15) is 5.69 Å². The first-order chi connectivity index (χ1) is 11.8. The smallest absolute Gasteiger partial charge is 0.137 e. The highest BCUT2D eigenvalue weighted by Crippen LogP contribution is 2.30. The van der Waals surface area contributed by atoms with Crippen molar-refractivity contribution in [1.82, 2.24) is 9.38 Å². The summed E-state index contributed by atoms with van der Waals surface area (Å²) in [6.45, 7) is 3.96. The number of hydrogen-bond acceptors (Lipinski definition) is 4. The van der Waals surface area contributed by atoms with E-state index in [4.69, 9.17) is 16.3 Å². The Bertz CT molecular complexity index is 809. The van der Waals surface area contributed by atoms with Crippen LogP contribution in [0.25, 0.3) is 5.65 Å². The second kappa shape index (κ2) is 6.71. The molecule has 3 aromatic rings. The van der Waals surface area contributed by atoms with Gasteiger partial charge in [-0.2, -0.15) is 0 Å². The predicted octanol–water partition coefficient (Wildman–Crippen LogP) is 3.44. The Morgan fingerprint density at radius 1 is 1.17 bits per heavy atom. The molecule has 0 aliphatic carbocycles. The third kappa shape index (κ3) is 3.18. The first-order valence-electron chi connectivity index (χ1n) is 8.08. The number of rotatable bonds is 4. The number of pyridine rings is 1. The molecule has 0 bridgehead atoms. The summed E-state index contributed by atoms with van der Waals surface area (Å²) >= 11 is 6.20. The van der Waals surface area contributed by atoms with Gasteiger partial charge < -0.3 is 19.4 Å². The first kappa shape index (κ1) is 15.3. The van der Waals surface area contributed by atoms with Gasteiger partial charge in [-0.15, -0.1) is 0 Å². The molecule has 5 nitrogen and oxygen atoms in total. The second-order valence-electron chi connectivity index (χ2n) is 5.81. The Hall–Kier alpha value is -2.24. The van der Waals surface area contributed by atoms with Crippen molar-refractivity contribution in [3.63, 3.8) is 0 Å². The molecule has 1 fully saturated rings. The molecule has 3 heterocycles. The van der Waals surface area contributed by atoms with Gasteiger partial charge in [-0.3, -0.25) is 0 Å². The second-order valence-corrected chi connectivity index (χ2v) is 6.25. The van der Waals surface area contributed by atoms with E-state index in [1.54, 1.807) is 0 Å². The summed E-state index contributed by atoms with van der Waals surface area (Å²) < 4.78 is 7.47. The first-order valence-corrected chi connectivity index (χ1v) is 8.46. The molecule has 124 valence electrons. The standard InChI is InChI=1S/C18H19ClN4O/c19-14-4-5-17(22-7-9-24-10-8-22)16(11-14)20-12-15-13-23-6-2-1-3-18(23)21-15/h1-6,11,13,20H,7-10,12H2. The Morgan fingerprint density at radius 3 is 2.88 bits per heavy atom. The van der Waals surface area contributed by atoms with Crippen LogP contribution in [-0.2, 0) is 11.3 Å². The van der Waals surface area contributed by atoms with Gasteiger partial charge in [0.05, 0.1) is 36.8 Å². The van der Waals surface area contributed by atoms with E-state index < -0.39 is 0 Å². The molecule has 2 aromatic heterocycles. The highest BCUT2D eigenvalue weighted by atomic mass is 35.5. The van der Waals surface area contributed by atoms with Crippen molar-refractivity contribution in [2.24, 2.45) is 0 Å². The average Bonchev–Trinajstić information content (AvgIpc) is 3.04. The summed E-state index contributed by atoms with van der Waals surface area (Å²) in [6.07, 6.45) is 4.05. The lowest BCUT2D eigenvalue weighted by Gasteiger charge is -2.30. The zero-order valence-corrected chi connectivity index (χ0v) is 14.0. The number of halogens is 1. The van der Waals surface area contributed by atoms with Gasteiger partial charge in [0.25, 0.3) is 0 Å². The van der Waals surface area contributed by atoms with E-state index in [-0.39, 0.29) is 0 Å². The van der Waals surface area contributed by atoms with Crippen LogP contribution in [0, 0.1) is 0 Å². The van der Waals surface area contributed by atoms with Crippen LogP contribution >= 0.6 is 11.6 Å². The molecule has 0 saturated carbocycles. The van der Waals surface area contributed by atoms with Crippen molar-refractivity contribution in [3.05, 3.63) is 59.5 Å². The van der Waals surface area contributed by atoms with Crippen LogP contribution in [0.4, 0.5) is 11.4 Å². The van der Waals surface area contributed by atoms with Crippen LogP contribution in [0.2, 0.25) is 5.02 Å². The minimum Gasteiger partial charge on any atom is -0.378 e. The Morgan fingerprint density at radius 2 is 2.04 bits per heavy atom. The fraction of sp³-hybridized carbons (Fsp3) is 0.278. The number of nitrogens with zero attached hydrogens (tertiary/aromatic N) is 3. The van der Waals surface area contributed by atoms with Gasteiger partial charge in [-0.05, 0) is 30.3 Å². The van der Waals surface area contributed by atoms with Crippen LogP contribution in [0.15, 0.2) is 48.8 Å². The highest BCUT2D eigenvalue weighted by Gasteiger charge is 2.15. The Labute approximate surface area is 145 Å². The highest BCUT2D eigenvalue weighted by molar-refractivity contribution is 6.31. The molecule has 4 rings (SSSR count). The Kier molecular flexibility index (Phi) is 4.28. The molecule has 1 aliphatic heterocycles. The summed E-state index contributed by atoms with van der Waals surface area (Å²) in [6, 6.07) is 12.0. The van der Waals surface area contributed by atoms with Crippen LogP contribution in [-0.4, -0.2) is 35.7 Å². The van der Waals surface area contributed by atoms with Gasteiger partial charge in [0.15, 0.2) is 0 Å². The van der Waals surface area contributed by atoms with E-state index in [0.717, 1.165) is 54.0 Å². The number of anilines is 2. The van der Waals surface area contributed by atoms with E-state index in [1.807, 2.05) is 47.1 Å². The maximum atomic E-state index is 6.20. The molecule has 1 N–H and O–H groups in total. The van der Waals surface area contributed by atoms with Crippen LogP contribution in [0.3, 0.4) is 0 Å². The zero-order chi connectivity index (χ0) is 16.4. The fourth-order valence-electron chi connectivity index (χ4n) is 2.99. The number of fused-ring (bicyclic) bond motifs is 1. The maximum Gasteiger partial charge on any atom is 0.137 e. The van der Waals surface area contributed by atoms with Crippen molar-refractivity contribution in [1.29, 1.82) is 0 Å². The number of morpholine rings is 1. The summed E-state index contributed by atoms with van der Waals surface area (Å²) in [7, 11) is 0. The fourth-order valence-corrected chi connectivity index (χ4v) is 3.16. The molecule has 0 amide bonds. The van der Waals surface area contributed by atoms with E-state index in [1.165, 1.54) is 0 Å². The quantitative estimate of drug-likeness (QED) is 0.788. The molecule has 6 heteroatoms. The predicted molar refractivity (Wildman–Crippen MR) is 97.0 cm³/mol. The molecule has 1 saturated heterocycles. The minimum atomic E-state index is 0.652. The number of hydrogen-bond donors (Lipinski definition) is 1. The monoisotopic (exact) mass is 342 g/mol. The molecule has 1 aliphatic rings. The molecule has 0 spiro atoms. The lowest BCUT2D eigenvalue weighted by molar-refractivity contribution is 0.123. The number of benzene rings is 1. The van der Waals surface area contributed by atoms with Crippen molar-refractivity contribution in [2.75, 3.05) is 36.5 Å². The number of ether oxygens (including phenoxy) is 1. The van der Waals surface area contributed by atoms with Crippen LogP contribution < -0.4 is 10.2 Å². The van der Waals surface area contributed by atoms with Gasteiger partial charge in [-0.1, -0.05) is 17.7 Å². The summed E-state index contributed by atoms with van der Waals surface area (Å²) in [5, 5.41) is 4.21. The lowest BCUT2D eigenvalue weighted by atomic mass is 10.2. The Balaban J connectivity index is 1.55. The number of nitrogens with one attached hydrogen (secondary N) is 1. The van der Waals surface area contributed by atoms with E-state index in [0.29, 0.717) is 6.54 Å². The summed E-state index contributed by atoms with van der Waals surface area (Å²) in [5.41, 5.74) is 4.14. The summed E-state index contributed by atoms with van der Waals surface area (Å²) in [5.74, 6) is 0. The van der Waals surface area contributed by atoms with Crippen molar-refractivity contribution >= 4 is 28.6 Å². The lowest BCUT2D eigenvalue weighted by Crippen LogP contribution is -2.36. The minimum absolute atomic E-state index is 0.652. The molecule has 1 aromatic carbocycles. The van der Waals surface area contributed by atoms with E-state index >= 15 is 0 Å². The molecule has 0 unspecified atom stereocenters. The van der Waals surface area contributed by atoms with Gasteiger partial charge in [-0.25, -0.2) is 4.98 Å². The SMILES string of the molecule is Clc1ccc(N2CCOCC2)c(NCc2cn3ccccc3n2)c1. The molecule has 0 atom stereocenters. The molecular formula is C18H19ClN4O. The van der Waals surface area contributed by atoms with E-state index in [2.05, 4.69) is 21.3 Å².